The maximum absolute atomic E-state index is 9.58. The van der Waals surface area contributed by atoms with E-state index in [2.05, 4.69) is 26.7 Å². The number of rotatable bonds is 0. The van der Waals surface area contributed by atoms with Gasteiger partial charge in [0.05, 0.1) is 0 Å². The highest BCUT2D eigenvalue weighted by atomic mass is 16.1. The van der Waals surface area contributed by atoms with Crippen LogP contribution in [-0.4, -0.2) is 11.6 Å². The number of Topliss-reactive ketones (excluding diaryl/α,β-unsaturated/α-hetero) is 2. The van der Waals surface area contributed by atoms with Gasteiger partial charge in [0.2, 0.25) is 11.6 Å². The van der Waals surface area contributed by atoms with Crippen LogP contribution in [0.5, 0.6) is 0 Å². The first-order valence-corrected chi connectivity index (χ1v) is 7.90. The van der Waals surface area contributed by atoms with E-state index in [0.29, 0.717) is 0 Å². The van der Waals surface area contributed by atoms with Gasteiger partial charge < -0.3 is 0 Å². The second-order valence-corrected chi connectivity index (χ2v) is 4.42. The van der Waals surface area contributed by atoms with Crippen LogP contribution in [0, 0.1) is 24.7 Å². The van der Waals surface area contributed by atoms with Crippen molar-refractivity contribution in [3.8, 4) is 24.7 Å². The standard InChI is InChI=1S/2C6H6.2C4H4O.C3H8/c2*1-2-4-6-5-3-1;2*1-3-4(2)5;1-3-2/h2*1-6H;2*1H,2H3;3H2,1-2H3. The number of carbonyl (C=O) groups is 2. The highest BCUT2D eigenvalue weighted by molar-refractivity contribution is 5.92. The van der Waals surface area contributed by atoms with Gasteiger partial charge in [-0.3, -0.25) is 9.59 Å². The summed E-state index contributed by atoms with van der Waals surface area (Å²) in [4.78, 5) is 19.2. The molecule has 2 aromatic carbocycles. The van der Waals surface area contributed by atoms with Gasteiger partial charge in [0, 0.05) is 13.8 Å². The minimum absolute atomic E-state index is 0.218. The van der Waals surface area contributed by atoms with Crippen molar-refractivity contribution in [1.82, 2.24) is 0 Å². The molecule has 0 radical (unpaired) electrons. The van der Waals surface area contributed by atoms with Gasteiger partial charge in [-0.05, 0) is 11.8 Å². The molecule has 0 saturated heterocycles. The first-order chi connectivity index (χ1) is 12.0. The highest BCUT2D eigenvalue weighted by Crippen LogP contribution is 1.80. The summed E-state index contributed by atoms with van der Waals surface area (Å²) in [7, 11) is 0. The van der Waals surface area contributed by atoms with Crippen molar-refractivity contribution in [3.05, 3.63) is 72.8 Å². The van der Waals surface area contributed by atoms with Crippen molar-refractivity contribution >= 4 is 11.6 Å². The number of ketones is 2. The summed E-state index contributed by atoms with van der Waals surface area (Å²) in [6.07, 6.45) is 10.4. The Balaban J connectivity index is -0.000000247. The van der Waals surface area contributed by atoms with E-state index in [0.717, 1.165) is 0 Å². The molecule has 0 aliphatic carbocycles. The van der Waals surface area contributed by atoms with Crippen molar-refractivity contribution in [2.45, 2.75) is 34.1 Å². The van der Waals surface area contributed by atoms with Crippen LogP contribution < -0.4 is 0 Å². The maximum Gasteiger partial charge on any atom is 0.202 e. The van der Waals surface area contributed by atoms with Crippen molar-refractivity contribution in [3.63, 3.8) is 0 Å². The van der Waals surface area contributed by atoms with Crippen LogP contribution in [0.25, 0.3) is 0 Å². The van der Waals surface area contributed by atoms with Crippen LogP contribution in [0.1, 0.15) is 34.1 Å². The van der Waals surface area contributed by atoms with Gasteiger partial charge in [-0.2, -0.15) is 0 Å². The molecule has 0 aliphatic heterocycles. The molecule has 0 atom stereocenters. The van der Waals surface area contributed by atoms with Gasteiger partial charge in [-0.25, -0.2) is 0 Å². The quantitative estimate of drug-likeness (QED) is 0.489. The Hall–Kier alpha value is -3.10. The first-order valence-electron chi connectivity index (χ1n) is 7.90. The summed E-state index contributed by atoms with van der Waals surface area (Å²) in [6, 6.07) is 24.0. The average Bonchev–Trinajstić information content (AvgIpc) is 2.66. The molecule has 0 spiro atoms. The predicted octanol–water partition coefficient (Wildman–Crippen LogP) is 5.21. The molecule has 2 heteroatoms. The molecule has 0 saturated carbocycles. The average molecular weight is 336 g/mol. The lowest BCUT2D eigenvalue weighted by atomic mass is 10.4. The van der Waals surface area contributed by atoms with Crippen molar-refractivity contribution in [2.24, 2.45) is 0 Å². The molecule has 0 unspecified atom stereocenters. The Morgan fingerprint density at radius 2 is 0.680 bits per heavy atom. The van der Waals surface area contributed by atoms with Gasteiger partial charge in [0.1, 0.15) is 0 Å². The Kier molecular flexibility index (Phi) is 27.7. The molecule has 2 rings (SSSR count). The molecular weight excluding hydrogens is 308 g/mol. The third kappa shape index (κ3) is 44.9. The fourth-order valence-corrected chi connectivity index (χ4v) is 0.770. The lowest BCUT2D eigenvalue weighted by Crippen LogP contribution is -1.75. The summed E-state index contributed by atoms with van der Waals surface area (Å²) >= 11 is 0. The zero-order valence-corrected chi connectivity index (χ0v) is 15.6. The van der Waals surface area contributed by atoms with Crippen LogP contribution in [0.4, 0.5) is 0 Å². The van der Waals surface area contributed by atoms with E-state index in [1.54, 1.807) is 0 Å². The maximum atomic E-state index is 9.58. The number of terminal acetylenes is 2. The molecule has 0 N–H and O–H groups in total. The molecular formula is C23H28O2. The van der Waals surface area contributed by atoms with E-state index in [9.17, 15) is 9.59 Å². The first kappa shape index (κ1) is 26.8. The lowest BCUT2D eigenvalue weighted by Gasteiger charge is -1.69. The molecule has 25 heavy (non-hydrogen) atoms. The fraction of sp³-hybridized carbons (Fsp3) is 0.217. The third-order valence-corrected chi connectivity index (χ3v) is 1.74. The van der Waals surface area contributed by atoms with Crippen LogP contribution in [-0.2, 0) is 9.59 Å². The van der Waals surface area contributed by atoms with E-state index in [1.807, 2.05) is 84.6 Å². The normalized spacial score (nSPS) is 6.80. The molecule has 0 aromatic heterocycles. The summed E-state index contributed by atoms with van der Waals surface area (Å²) in [5.74, 6) is 3.34. The number of hydrogen-bond acceptors (Lipinski definition) is 2. The smallest absolute Gasteiger partial charge is 0.202 e. The largest absolute Gasteiger partial charge is 0.285 e. The van der Waals surface area contributed by atoms with Crippen LogP contribution in [0.15, 0.2) is 72.8 Å². The van der Waals surface area contributed by atoms with E-state index in [-0.39, 0.29) is 11.6 Å². The Labute approximate surface area is 153 Å². The fourth-order valence-electron chi connectivity index (χ4n) is 0.770. The van der Waals surface area contributed by atoms with Gasteiger partial charge >= 0.3 is 0 Å². The Morgan fingerprint density at radius 1 is 0.600 bits per heavy atom. The van der Waals surface area contributed by atoms with Crippen molar-refractivity contribution in [2.75, 3.05) is 0 Å². The van der Waals surface area contributed by atoms with Gasteiger partial charge in [0.15, 0.2) is 0 Å². The third-order valence-electron chi connectivity index (χ3n) is 1.74. The molecule has 0 fully saturated rings. The van der Waals surface area contributed by atoms with Crippen LogP contribution in [0.3, 0.4) is 0 Å². The number of hydrogen-bond donors (Lipinski definition) is 0. The second kappa shape index (κ2) is 25.8. The van der Waals surface area contributed by atoms with Crippen molar-refractivity contribution in [1.29, 1.82) is 0 Å². The van der Waals surface area contributed by atoms with E-state index in [4.69, 9.17) is 0 Å². The number of benzene rings is 2. The lowest BCUT2D eigenvalue weighted by molar-refractivity contribution is -0.112. The Morgan fingerprint density at radius 3 is 0.720 bits per heavy atom. The molecule has 0 heterocycles. The van der Waals surface area contributed by atoms with E-state index >= 15 is 0 Å². The highest BCUT2D eigenvalue weighted by Gasteiger charge is 1.70. The predicted molar refractivity (Wildman–Crippen MR) is 108 cm³/mol. The summed E-state index contributed by atoms with van der Waals surface area (Å²) < 4.78 is 0. The molecule has 2 nitrogen and oxygen atoms in total. The Bertz CT molecular complexity index is 479. The monoisotopic (exact) mass is 336 g/mol. The SMILES string of the molecule is C#CC(C)=O.C#CC(C)=O.CCC.c1ccccc1.c1ccccc1. The summed E-state index contributed by atoms with van der Waals surface area (Å²) in [5, 5.41) is 0. The zero-order valence-electron chi connectivity index (χ0n) is 15.6. The summed E-state index contributed by atoms with van der Waals surface area (Å²) in [5.41, 5.74) is 0. The van der Waals surface area contributed by atoms with E-state index < -0.39 is 0 Å². The minimum atomic E-state index is -0.218. The number of carbonyl (C=O) groups excluding carboxylic acids is 2. The topological polar surface area (TPSA) is 34.1 Å². The molecule has 0 aliphatic rings. The molecule has 0 bridgehead atoms. The second-order valence-electron chi connectivity index (χ2n) is 4.42. The van der Waals surface area contributed by atoms with Crippen LogP contribution >= 0.6 is 0 Å². The zero-order chi connectivity index (χ0) is 19.8. The van der Waals surface area contributed by atoms with Crippen LogP contribution in [0.2, 0.25) is 0 Å². The van der Waals surface area contributed by atoms with Gasteiger partial charge in [-0.15, -0.1) is 12.8 Å². The van der Waals surface area contributed by atoms with Gasteiger partial charge in [0.25, 0.3) is 0 Å². The van der Waals surface area contributed by atoms with Gasteiger partial charge in [-0.1, -0.05) is 93.1 Å². The van der Waals surface area contributed by atoms with Crippen molar-refractivity contribution < 1.29 is 9.59 Å². The van der Waals surface area contributed by atoms with E-state index in [1.165, 1.54) is 20.3 Å². The minimum Gasteiger partial charge on any atom is -0.285 e. The summed E-state index contributed by atoms with van der Waals surface area (Å²) in [6.45, 7) is 6.94. The molecule has 132 valence electrons. The molecule has 0 amide bonds. The molecule has 2 aromatic rings.